The number of methoxy groups -OCH3 is 1. The second kappa shape index (κ2) is 12.0. The van der Waals surface area contributed by atoms with Crippen LogP contribution in [0.15, 0.2) is 0 Å². The molecule has 0 rings (SSSR count). The van der Waals surface area contributed by atoms with E-state index < -0.39 is 5.54 Å². The summed E-state index contributed by atoms with van der Waals surface area (Å²) in [5.41, 5.74) is -0.577. The van der Waals surface area contributed by atoms with Gasteiger partial charge in [0.2, 0.25) is 0 Å². The molecular formula is C16H34N2O3. The molecule has 5 nitrogen and oxygen atoms in total. The van der Waals surface area contributed by atoms with Gasteiger partial charge in [-0.1, -0.05) is 13.8 Å². The zero-order valence-electron chi connectivity index (χ0n) is 14.5. The highest BCUT2D eigenvalue weighted by atomic mass is 16.5. The van der Waals surface area contributed by atoms with E-state index in [2.05, 4.69) is 24.1 Å². The number of esters is 1. The summed E-state index contributed by atoms with van der Waals surface area (Å²) in [5, 5.41) is 3.35. The van der Waals surface area contributed by atoms with E-state index in [1.165, 1.54) is 0 Å². The van der Waals surface area contributed by atoms with Crippen molar-refractivity contribution in [2.45, 2.75) is 52.5 Å². The third kappa shape index (κ3) is 8.39. The quantitative estimate of drug-likeness (QED) is 0.528. The van der Waals surface area contributed by atoms with E-state index in [9.17, 15) is 4.79 Å². The van der Waals surface area contributed by atoms with Gasteiger partial charge in [0.25, 0.3) is 0 Å². The SMILES string of the molecule is CCCNC(C)(CCCN(CC)CCOC)C(=O)OCC. The molecule has 0 amide bonds. The molecule has 0 fully saturated rings. The standard InChI is InChI=1S/C16H34N2O3/c1-6-11-17-16(4,15(19)21-8-3)10-9-12-18(7-2)13-14-20-5/h17H,6-14H2,1-5H3. The zero-order chi connectivity index (χ0) is 16.1. The zero-order valence-corrected chi connectivity index (χ0v) is 14.5. The molecule has 126 valence electrons. The van der Waals surface area contributed by atoms with Crippen LogP contribution in [0.4, 0.5) is 0 Å². The van der Waals surface area contributed by atoms with Crippen LogP contribution in [0.5, 0.6) is 0 Å². The second-order valence-electron chi connectivity index (χ2n) is 5.51. The molecule has 0 aromatic carbocycles. The molecule has 1 atom stereocenters. The van der Waals surface area contributed by atoms with Gasteiger partial charge in [0.1, 0.15) is 5.54 Å². The topological polar surface area (TPSA) is 50.8 Å². The Morgan fingerprint density at radius 3 is 2.48 bits per heavy atom. The largest absolute Gasteiger partial charge is 0.465 e. The fraction of sp³-hybridized carbons (Fsp3) is 0.938. The van der Waals surface area contributed by atoms with E-state index >= 15 is 0 Å². The minimum Gasteiger partial charge on any atom is -0.465 e. The second-order valence-corrected chi connectivity index (χ2v) is 5.51. The summed E-state index contributed by atoms with van der Waals surface area (Å²) in [6.45, 7) is 13.0. The molecule has 0 heterocycles. The van der Waals surface area contributed by atoms with E-state index in [0.29, 0.717) is 6.61 Å². The van der Waals surface area contributed by atoms with Gasteiger partial charge in [-0.25, -0.2) is 0 Å². The Morgan fingerprint density at radius 2 is 1.95 bits per heavy atom. The molecule has 0 aliphatic rings. The van der Waals surface area contributed by atoms with Crippen molar-refractivity contribution < 1.29 is 14.3 Å². The molecular weight excluding hydrogens is 268 g/mol. The van der Waals surface area contributed by atoms with E-state index in [0.717, 1.165) is 52.0 Å². The Balaban J connectivity index is 4.36. The van der Waals surface area contributed by atoms with Crippen LogP contribution in [0.2, 0.25) is 0 Å². The highest BCUT2D eigenvalue weighted by Crippen LogP contribution is 2.15. The molecule has 1 unspecified atom stereocenters. The molecule has 0 aliphatic heterocycles. The smallest absolute Gasteiger partial charge is 0.326 e. The predicted octanol–water partition coefficient (Wildman–Crippen LogP) is 2.06. The first-order valence-corrected chi connectivity index (χ1v) is 8.17. The van der Waals surface area contributed by atoms with Gasteiger partial charge in [0.05, 0.1) is 13.2 Å². The number of hydrogen-bond acceptors (Lipinski definition) is 5. The fourth-order valence-electron chi connectivity index (χ4n) is 2.26. The van der Waals surface area contributed by atoms with Gasteiger partial charge in [-0.3, -0.25) is 4.79 Å². The van der Waals surface area contributed by atoms with Crippen molar-refractivity contribution in [2.24, 2.45) is 0 Å². The molecule has 21 heavy (non-hydrogen) atoms. The van der Waals surface area contributed by atoms with Crippen molar-refractivity contribution in [3.05, 3.63) is 0 Å². The number of likely N-dealkylation sites (N-methyl/N-ethyl adjacent to an activating group) is 1. The highest BCUT2D eigenvalue weighted by Gasteiger charge is 2.33. The molecule has 0 saturated heterocycles. The predicted molar refractivity (Wildman–Crippen MR) is 86.6 cm³/mol. The van der Waals surface area contributed by atoms with Crippen molar-refractivity contribution in [1.29, 1.82) is 0 Å². The van der Waals surface area contributed by atoms with E-state index in [1.54, 1.807) is 7.11 Å². The lowest BCUT2D eigenvalue weighted by Crippen LogP contribution is -2.51. The number of hydrogen-bond donors (Lipinski definition) is 1. The fourth-order valence-corrected chi connectivity index (χ4v) is 2.26. The van der Waals surface area contributed by atoms with Crippen molar-refractivity contribution >= 4 is 5.97 Å². The van der Waals surface area contributed by atoms with E-state index in [4.69, 9.17) is 9.47 Å². The van der Waals surface area contributed by atoms with Crippen LogP contribution < -0.4 is 5.32 Å². The van der Waals surface area contributed by atoms with Crippen LogP contribution in [0, 0.1) is 0 Å². The van der Waals surface area contributed by atoms with Gasteiger partial charge in [-0.2, -0.15) is 0 Å². The molecule has 0 bridgehead atoms. The molecule has 0 spiro atoms. The number of ether oxygens (including phenoxy) is 2. The first-order chi connectivity index (χ1) is 10.0. The van der Waals surface area contributed by atoms with Crippen LogP contribution in [0.1, 0.15) is 47.0 Å². The van der Waals surface area contributed by atoms with Crippen LogP contribution in [-0.4, -0.2) is 62.9 Å². The molecule has 5 heteroatoms. The summed E-state index contributed by atoms with van der Waals surface area (Å²) < 4.78 is 10.3. The minimum absolute atomic E-state index is 0.140. The third-order valence-corrected chi connectivity index (χ3v) is 3.70. The Kier molecular flexibility index (Phi) is 11.6. The van der Waals surface area contributed by atoms with Gasteiger partial charge < -0.3 is 19.7 Å². The first-order valence-electron chi connectivity index (χ1n) is 8.17. The van der Waals surface area contributed by atoms with Gasteiger partial charge in [0, 0.05) is 13.7 Å². The average molecular weight is 302 g/mol. The summed E-state index contributed by atoms with van der Waals surface area (Å²) in [7, 11) is 1.72. The van der Waals surface area contributed by atoms with Crippen LogP contribution in [0.25, 0.3) is 0 Å². The van der Waals surface area contributed by atoms with E-state index in [-0.39, 0.29) is 5.97 Å². The van der Waals surface area contributed by atoms with Gasteiger partial charge in [-0.15, -0.1) is 0 Å². The molecule has 1 N–H and O–H groups in total. The lowest BCUT2D eigenvalue weighted by atomic mass is 9.95. The summed E-state index contributed by atoms with van der Waals surface area (Å²) in [6, 6.07) is 0. The van der Waals surface area contributed by atoms with Crippen LogP contribution in [0.3, 0.4) is 0 Å². The highest BCUT2D eigenvalue weighted by molar-refractivity contribution is 5.80. The van der Waals surface area contributed by atoms with Gasteiger partial charge >= 0.3 is 5.97 Å². The summed E-state index contributed by atoms with van der Waals surface area (Å²) >= 11 is 0. The summed E-state index contributed by atoms with van der Waals surface area (Å²) in [4.78, 5) is 14.5. The van der Waals surface area contributed by atoms with Crippen molar-refractivity contribution in [1.82, 2.24) is 10.2 Å². The van der Waals surface area contributed by atoms with Crippen LogP contribution in [-0.2, 0) is 14.3 Å². The minimum atomic E-state index is -0.577. The Bertz CT molecular complexity index is 274. The van der Waals surface area contributed by atoms with Gasteiger partial charge in [-0.05, 0) is 52.7 Å². The normalized spacial score (nSPS) is 14.2. The maximum absolute atomic E-state index is 12.2. The molecule has 0 aromatic heterocycles. The number of nitrogens with one attached hydrogen (secondary N) is 1. The average Bonchev–Trinajstić information content (AvgIpc) is 2.48. The third-order valence-electron chi connectivity index (χ3n) is 3.70. The molecule has 0 aliphatic carbocycles. The maximum Gasteiger partial charge on any atom is 0.326 e. The van der Waals surface area contributed by atoms with Crippen LogP contribution >= 0.6 is 0 Å². The summed E-state index contributed by atoms with van der Waals surface area (Å²) in [6.07, 6.45) is 2.75. The summed E-state index contributed by atoms with van der Waals surface area (Å²) in [5.74, 6) is -0.140. The van der Waals surface area contributed by atoms with E-state index in [1.807, 2.05) is 13.8 Å². The number of carbonyl (C=O) groups excluding carboxylic acids is 1. The first kappa shape index (κ1) is 20.3. The number of rotatable bonds is 13. The number of nitrogens with zero attached hydrogens (tertiary/aromatic N) is 1. The monoisotopic (exact) mass is 302 g/mol. The lowest BCUT2D eigenvalue weighted by molar-refractivity contribution is -0.150. The van der Waals surface area contributed by atoms with Crippen molar-refractivity contribution in [2.75, 3.05) is 46.5 Å². The Labute approximate surface area is 130 Å². The lowest BCUT2D eigenvalue weighted by Gasteiger charge is -2.29. The molecule has 0 aromatic rings. The molecule has 0 radical (unpaired) electrons. The maximum atomic E-state index is 12.2. The van der Waals surface area contributed by atoms with Crippen molar-refractivity contribution in [3.63, 3.8) is 0 Å². The van der Waals surface area contributed by atoms with Crippen molar-refractivity contribution in [3.8, 4) is 0 Å². The van der Waals surface area contributed by atoms with Gasteiger partial charge in [0.15, 0.2) is 0 Å². The number of carbonyl (C=O) groups is 1. The molecule has 0 saturated carbocycles. The Hall–Kier alpha value is -0.650. The Morgan fingerprint density at radius 1 is 1.24 bits per heavy atom.